The molecule has 0 unspecified atom stereocenters. The summed E-state index contributed by atoms with van der Waals surface area (Å²) < 4.78 is 18.0. The van der Waals surface area contributed by atoms with Gasteiger partial charge in [-0.15, -0.1) is 11.8 Å². The Balaban J connectivity index is 0.997. The lowest BCUT2D eigenvalue weighted by Crippen LogP contribution is -2.54. The van der Waals surface area contributed by atoms with Crippen molar-refractivity contribution in [1.82, 2.24) is 35.3 Å². The number of rotatable bonds is 23. The molecular formula is C53H67N9O13S. The number of pyridine rings is 2. The van der Waals surface area contributed by atoms with Crippen LogP contribution in [0, 0.1) is 11.8 Å². The van der Waals surface area contributed by atoms with Crippen LogP contribution in [0.2, 0.25) is 0 Å². The lowest BCUT2D eigenvalue weighted by molar-refractivity contribution is -0.172. The number of aliphatic hydroxyl groups is 1. The van der Waals surface area contributed by atoms with Crippen LogP contribution < -0.4 is 37.3 Å². The number of likely N-dealkylation sites (N-methyl/N-ethyl adjacent to an activating group) is 2. The largest absolute Gasteiger partial charge is 0.458 e. The number of benzene rings is 2. The van der Waals surface area contributed by atoms with Gasteiger partial charge in [-0.3, -0.25) is 24.0 Å². The second-order valence-corrected chi connectivity index (χ2v) is 20.4. The number of carbonyl (C=O) groups excluding carboxylic acids is 8. The molecule has 0 bridgehead atoms. The van der Waals surface area contributed by atoms with E-state index in [9.17, 15) is 48.3 Å². The fraction of sp³-hybridized carbons (Fsp3) is 0.472. The highest BCUT2D eigenvalue weighted by Crippen LogP contribution is 2.41. The smallest absolute Gasteiger partial charge is 0.415 e. The van der Waals surface area contributed by atoms with Gasteiger partial charge in [0.2, 0.25) is 17.7 Å². The molecule has 4 aromatic rings. The normalized spacial score (nSPS) is 15.1. The Hall–Kier alpha value is -7.53. The van der Waals surface area contributed by atoms with Crippen LogP contribution in [-0.4, -0.2) is 129 Å². The number of ether oxygens (including phenoxy) is 3. The fourth-order valence-electron chi connectivity index (χ4n) is 8.65. The molecule has 0 saturated heterocycles. The Labute approximate surface area is 444 Å². The first-order valence-corrected chi connectivity index (χ1v) is 26.3. The van der Waals surface area contributed by atoms with Crippen LogP contribution in [0.5, 0.6) is 5.75 Å². The number of esters is 1. The molecule has 0 spiro atoms. The van der Waals surface area contributed by atoms with Gasteiger partial charge in [0.15, 0.2) is 5.60 Å². The molecule has 6 rings (SSSR count). The van der Waals surface area contributed by atoms with Crippen LogP contribution in [0.3, 0.4) is 0 Å². The van der Waals surface area contributed by atoms with Crippen molar-refractivity contribution in [3.8, 4) is 17.1 Å². The summed E-state index contributed by atoms with van der Waals surface area (Å²) in [5.74, 6) is -2.48. The maximum absolute atomic E-state index is 13.7. The van der Waals surface area contributed by atoms with Crippen LogP contribution in [-0.2, 0) is 65.2 Å². The van der Waals surface area contributed by atoms with Crippen molar-refractivity contribution in [2.24, 2.45) is 17.6 Å². The highest BCUT2D eigenvalue weighted by molar-refractivity contribution is 8.00. The van der Waals surface area contributed by atoms with Crippen LogP contribution in [0.4, 0.5) is 20.1 Å². The second-order valence-electron chi connectivity index (χ2n) is 19.4. The Morgan fingerprint density at radius 2 is 1.61 bits per heavy atom. The van der Waals surface area contributed by atoms with Crippen molar-refractivity contribution in [1.29, 1.82) is 0 Å². The number of thioether (sulfide) groups is 1. The molecule has 408 valence electrons. The highest BCUT2D eigenvalue weighted by atomic mass is 32.2. The molecule has 22 nitrogen and oxygen atoms in total. The predicted molar refractivity (Wildman–Crippen MR) is 283 cm³/mol. The zero-order chi connectivity index (χ0) is 55.6. The molecule has 4 heterocycles. The number of aromatic nitrogens is 2. The quantitative estimate of drug-likeness (QED) is 0.0392. The Morgan fingerprint density at radius 3 is 2.25 bits per heavy atom. The average Bonchev–Trinajstić information content (AvgIpc) is 3.77. The van der Waals surface area contributed by atoms with E-state index in [-0.39, 0.29) is 110 Å². The van der Waals surface area contributed by atoms with Gasteiger partial charge in [0.05, 0.1) is 40.5 Å². The first kappa shape index (κ1) is 57.7. The standard InChI is InChI=1S/C53H67N9O13S/c1-9-34-35-22-33(17-18-39(35)57-45-36(34)24-62-41(45)23-38-37(48(62)67)26-73-49(68)53(38,72)10-2)75-52(71)61(8)21-20-60(7)51(70)74-25-31-13-15-32(16-14-31)56-46(65)40(12-11-19-55-50(54)69)58-47(66)44(30(5)6)59-43(64)28-76-27-42(63)29(3)4/h13-18,22-23,29-30,40,44,72H,9-12,19-21,24-28H2,1-8H3,(H,56,65)(H,58,66)(H,59,64)(H3,54,55,69)/t40-,44-,53-/m0/s1. The number of nitrogens with zero attached hydrogens (tertiary/aromatic N) is 4. The topological polar surface area (TPSA) is 300 Å². The third kappa shape index (κ3) is 13.7. The Kier molecular flexibility index (Phi) is 19.3. The van der Waals surface area contributed by atoms with Gasteiger partial charge in [0.25, 0.3) is 5.56 Å². The number of primary amides is 1. The molecule has 2 aromatic carbocycles. The third-order valence-electron chi connectivity index (χ3n) is 13.3. The van der Waals surface area contributed by atoms with E-state index in [0.717, 1.165) is 28.3 Å². The van der Waals surface area contributed by atoms with Crippen molar-refractivity contribution in [3.05, 3.63) is 86.7 Å². The van der Waals surface area contributed by atoms with E-state index in [0.29, 0.717) is 34.6 Å². The summed E-state index contributed by atoms with van der Waals surface area (Å²) >= 11 is 1.15. The number of aryl methyl sites for hydroxylation is 1. The molecular weight excluding hydrogens is 1000 g/mol. The highest BCUT2D eigenvalue weighted by Gasteiger charge is 2.45. The van der Waals surface area contributed by atoms with Crippen LogP contribution in [0.1, 0.15) is 88.6 Å². The number of hydrogen-bond donors (Lipinski definition) is 6. The van der Waals surface area contributed by atoms with Gasteiger partial charge in [-0.1, -0.05) is 53.7 Å². The average molecular weight is 1070 g/mol. The van der Waals surface area contributed by atoms with E-state index in [1.54, 1.807) is 87.7 Å². The summed E-state index contributed by atoms with van der Waals surface area (Å²) in [6.45, 7) is 10.9. The molecule has 0 radical (unpaired) electrons. The predicted octanol–water partition coefficient (Wildman–Crippen LogP) is 4.31. The third-order valence-corrected chi connectivity index (χ3v) is 14.3. The number of hydrogen-bond acceptors (Lipinski definition) is 15. The fourth-order valence-corrected chi connectivity index (χ4v) is 9.55. The number of cyclic esters (lactones) is 1. The Morgan fingerprint density at radius 1 is 0.908 bits per heavy atom. The minimum Gasteiger partial charge on any atom is -0.458 e. The van der Waals surface area contributed by atoms with Crippen molar-refractivity contribution in [2.45, 2.75) is 105 Å². The van der Waals surface area contributed by atoms with Gasteiger partial charge >= 0.3 is 24.2 Å². The van der Waals surface area contributed by atoms with Crippen molar-refractivity contribution >= 4 is 76.0 Å². The number of carbonyl (C=O) groups is 8. The lowest BCUT2D eigenvalue weighted by Gasteiger charge is -2.31. The second kappa shape index (κ2) is 25.3. The summed E-state index contributed by atoms with van der Waals surface area (Å²) in [6, 6.07) is 10.4. The molecule has 2 aliphatic rings. The molecule has 0 saturated carbocycles. The van der Waals surface area contributed by atoms with Crippen molar-refractivity contribution in [3.63, 3.8) is 0 Å². The van der Waals surface area contributed by atoms with Crippen LogP contribution >= 0.6 is 11.8 Å². The molecule has 0 fully saturated rings. The molecule has 23 heteroatoms. The molecule has 2 aliphatic heterocycles. The van der Waals surface area contributed by atoms with E-state index < -0.39 is 59.6 Å². The number of ketones is 1. The first-order valence-electron chi connectivity index (χ1n) is 25.1. The number of fused-ring (bicyclic) bond motifs is 5. The lowest BCUT2D eigenvalue weighted by atomic mass is 9.86. The molecule has 2 aromatic heterocycles. The van der Waals surface area contributed by atoms with Gasteiger partial charge < -0.3 is 60.7 Å². The van der Waals surface area contributed by atoms with Gasteiger partial charge in [-0.25, -0.2) is 24.2 Å². The van der Waals surface area contributed by atoms with Crippen molar-refractivity contribution < 1.29 is 57.7 Å². The zero-order valence-electron chi connectivity index (χ0n) is 44.0. The molecule has 3 atom stereocenters. The van der Waals surface area contributed by atoms with E-state index in [2.05, 4.69) is 21.3 Å². The van der Waals surface area contributed by atoms with E-state index in [1.165, 1.54) is 23.9 Å². The SMILES string of the molecule is CCc1c2c(nc3ccc(OC(=O)N(C)CCN(C)C(=O)OCc4ccc(NC(=O)[C@H](CCCNC(N)=O)NC(=O)[C@@H](NC(=O)CSCC(=O)C(C)C)C(C)C)cc4)cc13)-c1cc3c(c(=O)n1C2)COC(=O)[C@]3(O)CC. The van der Waals surface area contributed by atoms with Gasteiger partial charge in [0, 0.05) is 61.8 Å². The van der Waals surface area contributed by atoms with Crippen molar-refractivity contribution in [2.75, 3.05) is 50.6 Å². The number of Topliss-reactive ketones (excluding diaryl/α,β-unsaturated/α-hetero) is 1. The van der Waals surface area contributed by atoms with Gasteiger partial charge in [-0.2, -0.15) is 0 Å². The minimum absolute atomic E-state index is 0.00767. The van der Waals surface area contributed by atoms with Crippen LogP contribution in [0.15, 0.2) is 53.3 Å². The number of nitrogens with one attached hydrogen (secondary N) is 4. The maximum Gasteiger partial charge on any atom is 0.415 e. The number of amides is 7. The molecule has 0 aliphatic carbocycles. The summed E-state index contributed by atoms with van der Waals surface area (Å²) in [6.07, 6.45) is -0.340. The summed E-state index contributed by atoms with van der Waals surface area (Å²) in [5, 5.41) is 22.7. The summed E-state index contributed by atoms with van der Waals surface area (Å²) in [7, 11) is 3.05. The number of nitrogens with two attached hydrogens (primary N) is 1. The monoisotopic (exact) mass is 1070 g/mol. The molecule has 7 N–H and O–H groups in total. The molecule has 7 amide bonds. The van der Waals surface area contributed by atoms with Crippen LogP contribution in [0.25, 0.3) is 22.3 Å². The molecule has 76 heavy (non-hydrogen) atoms. The number of anilines is 1. The van der Waals surface area contributed by atoms with E-state index in [1.807, 2.05) is 6.92 Å². The Bertz CT molecular complexity index is 2950. The first-order chi connectivity index (χ1) is 36.1. The summed E-state index contributed by atoms with van der Waals surface area (Å²) in [4.78, 5) is 123. The van der Waals surface area contributed by atoms with E-state index in [4.69, 9.17) is 24.9 Å². The minimum atomic E-state index is -1.95. The maximum atomic E-state index is 13.7. The number of urea groups is 1. The van der Waals surface area contributed by atoms with Gasteiger partial charge in [0.1, 0.15) is 36.8 Å². The van der Waals surface area contributed by atoms with E-state index >= 15 is 0 Å². The zero-order valence-corrected chi connectivity index (χ0v) is 44.9. The van der Waals surface area contributed by atoms with Gasteiger partial charge in [-0.05, 0) is 79.1 Å². The summed E-state index contributed by atoms with van der Waals surface area (Å²) in [5.41, 5.74) is 7.68.